The Hall–Kier alpha value is -4.27. The van der Waals surface area contributed by atoms with Gasteiger partial charge in [-0.05, 0) is 47.7 Å². The molecule has 2 aromatic carbocycles. The predicted molar refractivity (Wildman–Crippen MR) is 159 cm³/mol. The van der Waals surface area contributed by atoms with Crippen molar-refractivity contribution in [3.63, 3.8) is 0 Å². The third-order valence-electron chi connectivity index (χ3n) is 6.16. The van der Waals surface area contributed by atoms with Crippen molar-refractivity contribution in [3.8, 4) is 17.2 Å². The number of carboxylic acids is 2. The van der Waals surface area contributed by atoms with E-state index < -0.39 is 53.7 Å². The van der Waals surface area contributed by atoms with E-state index >= 15 is 0 Å². The third-order valence-corrected chi connectivity index (χ3v) is 7.58. The molecule has 2 amide bonds. The lowest BCUT2D eigenvalue weighted by atomic mass is 9.98. The summed E-state index contributed by atoms with van der Waals surface area (Å²) in [4.78, 5) is 47.4. The Bertz CT molecular complexity index is 1290. The van der Waals surface area contributed by atoms with Crippen molar-refractivity contribution in [2.75, 3.05) is 12.3 Å². The molecule has 0 heterocycles. The zero-order chi connectivity index (χ0) is 32.3. The van der Waals surface area contributed by atoms with E-state index in [2.05, 4.69) is 10.6 Å². The maximum absolute atomic E-state index is 12.8. The topological polar surface area (TPSA) is 240 Å². The van der Waals surface area contributed by atoms with Gasteiger partial charge in [-0.1, -0.05) is 38.1 Å². The third kappa shape index (κ3) is 11.1. The molecule has 0 saturated heterocycles. The van der Waals surface area contributed by atoms with Crippen LogP contribution in [0.5, 0.6) is 17.2 Å². The Kier molecular flexibility index (Phi) is 13.3. The Morgan fingerprint density at radius 1 is 0.977 bits per heavy atom. The average molecular weight is 620 g/mol. The number of aliphatic hydroxyl groups excluding tert-OH is 1. The number of benzene rings is 2. The minimum atomic E-state index is -1.32. The van der Waals surface area contributed by atoms with Crippen LogP contribution in [0.1, 0.15) is 54.7 Å². The molecule has 0 aliphatic carbocycles. The summed E-state index contributed by atoms with van der Waals surface area (Å²) in [5.74, 6) is -4.83. The van der Waals surface area contributed by atoms with Crippen molar-refractivity contribution in [1.82, 2.24) is 10.6 Å². The minimum Gasteiger partial charge on any atom is -0.508 e. The van der Waals surface area contributed by atoms with Gasteiger partial charge in [0.15, 0.2) is 0 Å². The summed E-state index contributed by atoms with van der Waals surface area (Å²) in [6, 6.07) is 5.75. The van der Waals surface area contributed by atoms with E-state index in [-0.39, 0.29) is 52.9 Å². The van der Waals surface area contributed by atoms with Crippen molar-refractivity contribution in [1.29, 1.82) is 0 Å². The first-order valence-corrected chi connectivity index (χ1v) is 14.3. The number of hydrogen-bond acceptors (Lipinski definition) is 10. The smallest absolute Gasteiger partial charge is 0.322 e. The molecular weight excluding hydrogens is 582 g/mol. The number of rotatable bonds is 16. The standard InChI is InChI=1S/C29H37N3O10S/c1-15(2)3-8-19-22(34)11-17(12-23(19)35)27(26(39)16-4-6-18(33)7-5-16)43-14-21(28(40)31-13-25(37)38)32-24(36)10-9-20(30)29(41)42/h3-8,11-12,15,20-21,26-27,33-35,39H,9-10,13-14,30H2,1-2H3,(H,31,40)(H,32,36)(H,37,38)(H,41,42)/b8-3+. The number of carboxylic acid groups (broad SMARTS) is 2. The number of carbonyl (C=O) groups excluding carboxylic acids is 2. The zero-order valence-electron chi connectivity index (χ0n) is 23.6. The van der Waals surface area contributed by atoms with Gasteiger partial charge in [-0.3, -0.25) is 19.2 Å². The summed E-state index contributed by atoms with van der Waals surface area (Å²) in [5, 5.41) is 64.1. The number of aliphatic hydroxyl groups is 1. The number of allylic oxidation sites excluding steroid dienone is 1. The number of aliphatic carboxylic acids is 2. The second-order valence-electron chi connectivity index (χ2n) is 10.1. The molecule has 10 N–H and O–H groups in total. The molecule has 43 heavy (non-hydrogen) atoms. The van der Waals surface area contributed by atoms with Crippen LogP contribution in [0.3, 0.4) is 0 Å². The van der Waals surface area contributed by atoms with Crippen LogP contribution in [-0.4, -0.2) is 78.8 Å². The van der Waals surface area contributed by atoms with Gasteiger partial charge in [-0.15, -0.1) is 11.8 Å². The average Bonchev–Trinajstić information content (AvgIpc) is 2.93. The van der Waals surface area contributed by atoms with Gasteiger partial charge < -0.3 is 47.0 Å². The highest BCUT2D eigenvalue weighted by atomic mass is 32.2. The number of amides is 2. The van der Waals surface area contributed by atoms with Crippen molar-refractivity contribution in [2.24, 2.45) is 11.7 Å². The fourth-order valence-corrected chi connectivity index (χ4v) is 5.13. The summed E-state index contributed by atoms with van der Waals surface area (Å²) in [5.41, 5.74) is 6.24. The number of phenols is 3. The van der Waals surface area contributed by atoms with E-state index in [9.17, 15) is 39.6 Å². The maximum Gasteiger partial charge on any atom is 0.322 e. The van der Waals surface area contributed by atoms with Crippen LogP contribution in [0.15, 0.2) is 42.5 Å². The van der Waals surface area contributed by atoms with Crippen molar-refractivity contribution in [3.05, 3.63) is 59.2 Å². The highest BCUT2D eigenvalue weighted by Gasteiger charge is 2.29. The van der Waals surface area contributed by atoms with Crippen molar-refractivity contribution in [2.45, 2.75) is 50.1 Å². The molecule has 13 nitrogen and oxygen atoms in total. The Balaban J connectivity index is 2.41. The van der Waals surface area contributed by atoms with Crippen LogP contribution in [0.2, 0.25) is 0 Å². The molecule has 0 aliphatic heterocycles. The number of carbonyl (C=O) groups is 4. The first kappa shape index (κ1) is 34.9. The van der Waals surface area contributed by atoms with E-state index in [0.29, 0.717) is 5.56 Å². The SMILES string of the molecule is CC(C)/C=C/c1c(O)cc(C(SCC(NC(=O)CCC(N)C(=O)O)C(=O)NCC(=O)O)C(O)c2ccc(O)cc2)cc1O. The van der Waals surface area contributed by atoms with E-state index in [1.807, 2.05) is 13.8 Å². The molecule has 0 radical (unpaired) electrons. The molecule has 14 heteroatoms. The van der Waals surface area contributed by atoms with E-state index in [1.54, 1.807) is 12.2 Å². The summed E-state index contributed by atoms with van der Waals surface area (Å²) in [7, 11) is 0. The summed E-state index contributed by atoms with van der Waals surface area (Å²) >= 11 is 0.971. The van der Waals surface area contributed by atoms with Crippen LogP contribution in [0.25, 0.3) is 6.08 Å². The van der Waals surface area contributed by atoms with Gasteiger partial charge in [0.2, 0.25) is 11.8 Å². The number of nitrogens with one attached hydrogen (secondary N) is 2. The van der Waals surface area contributed by atoms with Gasteiger partial charge in [-0.25, -0.2) is 0 Å². The molecule has 0 fully saturated rings. The highest BCUT2D eigenvalue weighted by Crippen LogP contribution is 2.44. The Labute approximate surface area is 252 Å². The summed E-state index contributed by atoms with van der Waals surface area (Å²) in [6.07, 6.45) is 1.50. The second-order valence-corrected chi connectivity index (χ2v) is 11.3. The van der Waals surface area contributed by atoms with Crippen LogP contribution < -0.4 is 16.4 Å². The zero-order valence-corrected chi connectivity index (χ0v) is 24.5. The van der Waals surface area contributed by atoms with Crippen molar-refractivity contribution < 1.29 is 49.8 Å². The normalized spacial score (nSPS) is 14.2. The number of phenolic OH excluding ortho intramolecular Hbond substituents is 3. The monoisotopic (exact) mass is 619 g/mol. The highest BCUT2D eigenvalue weighted by molar-refractivity contribution is 7.99. The molecule has 4 atom stereocenters. The quantitative estimate of drug-likeness (QED) is 0.131. The van der Waals surface area contributed by atoms with E-state index in [0.717, 1.165) is 11.8 Å². The van der Waals surface area contributed by atoms with Crippen molar-refractivity contribution >= 4 is 41.6 Å². The fraction of sp³-hybridized carbons (Fsp3) is 0.379. The maximum atomic E-state index is 12.8. The van der Waals surface area contributed by atoms with Crippen LogP contribution >= 0.6 is 11.8 Å². The molecule has 2 rings (SSSR count). The number of thioether (sulfide) groups is 1. The van der Waals surface area contributed by atoms with Crippen LogP contribution in [0, 0.1) is 5.92 Å². The lowest BCUT2D eigenvalue weighted by Gasteiger charge is -2.26. The molecule has 0 bridgehead atoms. The molecule has 0 aliphatic rings. The predicted octanol–water partition coefficient (Wildman–Crippen LogP) is 1.86. The molecule has 0 saturated carbocycles. The second kappa shape index (κ2) is 16.4. The van der Waals surface area contributed by atoms with E-state index in [1.165, 1.54) is 36.4 Å². The number of nitrogens with two attached hydrogens (primary N) is 1. The largest absolute Gasteiger partial charge is 0.508 e. The van der Waals surface area contributed by atoms with Gasteiger partial charge in [0, 0.05) is 12.2 Å². The fourth-order valence-electron chi connectivity index (χ4n) is 3.83. The first-order valence-electron chi connectivity index (χ1n) is 13.3. The molecule has 234 valence electrons. The molecule has 4 unspecified atom stereocenters. The van der Waals surface area contributed by atoms with Crippen LogP contribution in [-0.2, 0) is 19.2 Å². The number of hydrogen-bond donors (Lipinski definition) is 9. The Morgan fingerprint density at radius 2 is 1.58 bits per heavy atom. The molecule has 0 spiro atoms. The molecular formula is C29H37N3O10S. The lowest BCUT2D eigenvalue weighted by molar-refractivity contribution is -0.139. The molecule has 0 aromatic heterocycles. The van der Waals surface area contributed by atoms with Gasteiger partial charge in [-0.2, -0.15) is 0 Å². The van der Waals surface area contributed by atoms with Gasteiger partial charge >= 0.3 is 11.9 Å². The van der Waals surface area contributed by atoms with E-state index in [4.69, 9.17) is 15.9 Å². The lowest BCUT2D eigenvalue weighted by Crippen LogP contribution is -2.49. The summed E-state index contributed by atoms with van der Waals surface area (Å²) < 4.78 is 0. The number of aromatic hydroxyl groups is 3. The minimum absolute atomic E-state index is 0.0442. The Morgan fingerprint density at radius 3 is 2.12 bits per heavy atom. The van der Waals surface area contributed by atoms with Gasteiger partial charge in [0.1, 0.15) is 35.9 Å². The van der Waals surface area contributed by atoms with Gasteiger partial charge in [0.05, 0.1) is 16.9 Å². The molecule has 2 aromatic rings. The van der Waals surface area contributed by atoms with Crippen LogP contribution in [0.4, 0.5) is 0 Å². The summed E-state index contributed by atoms with van der Waals surface area (Å²) in [6.45, 7) is 3.11. The van der Waals surface area contributed by atoms with Gasteiger partial charge in [0.25, 0.3) is 0 Å². The first-order chi connectivity index (χ1) is 20.2.